The molecule has 0 saturated heterocycles. The molecule has 0 aliphatic heterocycles. The van der Waals surface area contributed by atoms with Crippen LogP contribution in [0.1, 0.15) is 56.1 Å². The van der Waals surface area contributed by atoms with Crippen LogP contribution in [-0.2, 0) is 6.54 Å². The van der Waals surface area contributed by atoms with Crippen LogP contribution in [0.25, 0.3) is 0 Å². The van der Waals surface area contributed by atoms with E-state index in [0.717, 1.165) is 25.6 Å². The summed E-state index contributed by atoms with van der Waals surface area (Å²) < 4.78 is 0. The highest BCUT2D eigenvalue weighted by molar-refractivity contribution is 5.33. The van der Waals surface area contributed by atoms with Crippen LogP contribution < -0.4 is 5.73 Å². The number of rotatable bonds is 6. The number of hydrogen-bond donors (Lipinski definition) is 1. The Hall–Kier alpha value is -0.860. The largest absolute Gasteiger partial charge is 0.330 e. The Balaban J connectivity index is 1.74. The summed E-state index contributed by atoms with van der Waals surface area (Å²) in [5.41, 5.74) is 9.13. The van der Waals surface area contributed by atoms with Gasteiger partial charge in [-0.2, -0.15) is 0 Å². The molecule has 2 N–H and O–H groups in total. The van der Waals surface area contributed by atoms with Gasteiger partial charge in [-0.05, 0) is 61.7 Å². The Labute approximate surface area is 123 Å². The van der Waals surface area contributed by atoms with E-state index >= 15 is 0 Å². The summed E-state index contributed by atoms with van der Waals surface area (Å²) in [5.74, 6) is 1.56. The molecule has 0 radical (unpaired) electrons. The SMILES string of the molecule is CCN(Cc1ccccc1C1CC1)C1CCCC1CN. The number of hydrogen-bond acceptors (Lipinski definition) is 2. The fourth-order valence-electron chi connectivity index (χ4n) is 3.93. The first-order chi connectivity index (χ1) is 9.83. The predicted octanol–water partition coefficient (Wildman–Crippen LogP) is 3.51. The van der Waals surface area contributed by atoms with Gasteiger partial charge < -0.3 is 5.73 Å². The first kappa shape index (κ1) is 14.1. The summed E-state index contributed by atoms with van der Waals surface area (Å²) in [4.78, 5) is 2.67. The van der Waals surface area contributed by atoms with Gasteiger partial charge in [0.25, 0.3) is 0 Å². The summed E-state index contributed by atoms with van der Waals surface area (Å²) >= 11 is 0. The Morgan fingerprint density at radius 3 is 2.65 bits per heavy atom. The smallest absolute Gasteiger partial charge is 0.0239 e. The zero-order valence-corrected chi connectivity index (χ0v) is 12.7. The minimum Gasteiger partial charge on any atom is -0.330 e. The van der Waals surface area contributed by atoms with E-state index < -0.39 is 0 Å². The third-order valence-corrected chi connectivity index (χ3v) is 5.24. The molecule has 2 heteroatoms. The maximum Gasteiger partial charge on any atom is 0.0239 e. The highest BCUT2D eigenvalue weighted by Crippen LogP contribution is 2.42. The van der Waals surface area contributed by atoms with E-state index in [1.807, 2.05) is 0 Å². The van der Waals surface area contributed by atoms with Crippen LogP contribution in [0.2, 0.25) is 0 Å². The first-order valence-electron chi connectivity index (χ1n) is 8.35. The second-order valence-electron chi connectivity index (χ2n) is 6.53. The van der Waals surface area contributed by atoms with Crippen molar-refractivity contribution < 1.29 is 0 Å². The molecule has 0 amide bonds. The van der Waals surface area contributed by atoms with E-state index in [1.165, 1.54) is 32.1 Å². The zero-order chi connectivity index (χ0) is 13.9. The van der Waals surface area contributed by atoms with Crippen LogP contribution in [0.5, 0.6) is 0 Å². The molecule has 2 nitrogen and oxygen atoms in total. The molecule has 20 heavy (non-hydrogen) atoms. The fourth-order valence-corrected chi connectivity index (χ4v) is 3.93. The third kappa shape index (κ3) is 2.91. The molecule has 0 bridgehead atoms. The summed E-state index contributed by atoms with van der Waals surface area (Å²) in [5, 5.41) is 0. The molecule has 2 atom stereocenters. The summed E-state index contributed by atoms with van der Waals surface area (Å²) in [6.45, 7) is 5.40. The quantitative estimate of drug-likeness (QED) is 0.858. The lowest BCUT2D eigenvalue weighted by Crippen LogP contribution is -2.40. The molecule has 1 aromatic rings. The van der Waals surface area contributed by atoms with Crippen LogP contribution in [0.3, 0.4) is 0 Å². The molecule has 110 valence electrons. The monoisotopic (exact) mass is 272 g/mol. The lowest BCUT2D eigenvalue weighted by atomic mass is 9.99. The molecule has 2 unspecified atom stereocenters. The molecule has 0 heterocycles. The topological polar surface area (TPSA) is 29.3 Å². The lowest BCUT2D eigenvalue weighted by molar-refractivity contribution is 0.162. The van der Waals surface area contributed by atoms with E-state index in [-0.39, 0.29) is 0 Å². The van der Waals surface area contributed by atoms with Crippen molar-refractivity contribution in [2.75, 3.05) is 13.1 Å². The molecular formula is C18H28N2. The highest BCUT2D eigenvalue weighted by atomic mass is 15.2. The summed E-state index contributed by atoms with van der Waals surface area (Å²) in [7, 11) is 0. The van der Waals surface area contributed by atoms with Gasteiger partial charge in [-0.1, -0.05) is 37.6 Å². The maximum absolute atomic E-state index is 5.97. The highest BCUT2D eigenvalue weighted by Gasteiger charge is 2.31. The Kier molecular flexibility index (Phi) is 4.42. The fraction of sp³-hybridized carbons (Fsp3) is 0.667. The van der Waals surface area contributed by atoms with Crippen molar-refractivity contribution in [2.45, 2.75) is 57.5 Å². The molecule has 2 fully saturated rings. The van der Waals surface area contributed by atoms with E-state index in [4.69, 9.17) is 5.73 Å². The van der Waals surface area contributed by atoms with Crippen molar-refractivity contribution in [2.24, 2.45) is 11.7 Å². The molecule has 0 spiro atoms. The van der Waals surface area contributed by atoms with Crippen molar-refractivity contribution in [1.82, 2.24) is 4.90 Å². The Morgan fingerprint density at radius 1 is 1.15 bits per heavy atom. The van der Waals surface area contributed by atoms with Crippen molar-refractivity contribution >= 4 is 0 Å². The predicted molar refractivity (Wildman–Crippen MR) is 84.7 cm³/mol. The van der Waals surface area contributed by atoms with Crippen LogP contribution in [0.15, 0.2) is 24.3 Å². The molecule has 2 saturated carbocycles. The normalized spacial score (nSPS) is 26.4. The number of nitrogens with zero attached hydrogens (tertiary/aromatic N) is 1. The van der Waals surface area contributed by atoms with Crippen LogP contribution in [0, 0.1) is 5.92 Å². The average molecular weight is 272 g/mol. The van der Waals surface area contributed by atoms with Gasteiger partial charge >= 0.3 is 0 Å². The van der Waals surface area contributed by atoms with Crippen LogP contribution in [-0.4, -0.2) is 24.0 Å². The molecule has 2 aliphatic rings. The Bertz CT molecular complexity index is 439. The van der Waals surface area contributed by atoms with E-state index in [9.17, 15) is 0 Å². The summed E-state index contributed by atoms with van der Waals surface area (Å²) in [6, 6.07) is 9.78. The standard InChI is InChI=1S/C18H28N2/c1-2-20(18-9-5-7-15(18)12-19)13-16-6-3-4-8-17(16)14-10-11-14/h3-4,6,8,14-15,18H,2,5,7,9-13,19H2,1H3. The number of benzene rings is 1. The van der Waals surface area contributed by atoms with Crippen molar-refractivity contribution in [3.63, 3.8) is 0 Å². The minimum absolute atomic E-state index is 0.706. The van der Waals surface area contributed by atoms with Gasteiger partial charge in [0.2, 0.25) is 0 Å². The first-order valence-corrected chi connectivity index (χ1v) is 8.35. The van der Waals surface area contributed by atoms with Crippen LogP contribution in [0.4, 0.5) is 0 Å². The zero-order valence-electron chi connectivity index (χ0n) is 12.7. The molecule has 0 aromatic heterocycles. The molecule has 2 aliphatic carbocycles. The van der Waals surface area contributed by atoms with Crippen LogP contribution >= 0.6 is 0 Å². The van der Waals surface area contributed by atoms with Gasteiger partial charge in [0.05, 0.1) is 0 Å². The van der Waals surface area contributed by atoms with E-state index in [2.05, 4.69) is 36.1 Å². The molecule has 1 aromatic carbocycles. The summed E-state index contributed by atoms with van der Waals surface area (Å²) in [6.07, 6.45) is 6.78. The molecular weight excluding hydrogens is 244 g/mol. The number of nitrogens with two attached hydrogens (primary N) is 1. The lowest BCUT2D eigenvalue weighted by Gasteiger charge is -2.32. The van der Waals surface area contributed by atoms with Crippen molar-refractivity contribution in [3.8, 4) is 0 Å². The second kappa shape index (κ2) is 6.28. The molecule has 3 rings (SSSR count). The van der Waals surface area contributed by atoms with Gasteiger partial charge in [0, 0.05) is 12.6 Å². The van der Waals surface area contributed by atoms with Gasteiger partial charge in [-0.15, -0.1) is 0 Å². The van der Waals surface area contributed by atoms with Crippen molar-refractivity contribution in [3.05, 3.63) is 35.4 Å². The second-order valence-corrected chi connectivity index (χ2v) is 6.53. The van der Waals surface area contributed by atoms with Gasteiger partial charge in [0.15, 0.2) is 0 Å². The van der Waals surface area contributed by atoms with Gasteiger partial charge in [-0.3, -0.25) is 4.90 Å². The Morgan fingerprint density at radius 2 is 1.95 bits per heavy atom. The minimum atomic E-state index is 0.706. The van der Waals surface area contributed by atoms with Gasteiger partial charge in [0.1, 0.15) is 0 Å². The van der Waals surface area contributed by atoms with E-state index in [1.54, 1.807) is 11.1 Å². The average Bonchev–Trinajstić information content (AvgIpc) is 3.22. The van der Waals surface area contributed by atoms with Crippen molar-refractivity contribution in [1.29, 1.82) is 0 Å². The maximum atomic E-state index is 5.97. The van der Waals surface area contributed by atoms with E-state index in [0.29, 0.717) is 12.0 Å². The third-order valence-electron chi connectivity index (χ3n) is 5.24. The van der Waals surface area contributed by atoms with Gasteiger partial charge in [-0.25, -0.2) is 0 Å².